The largest absolute Gasteiger partial charge is 0.318 e. The lowest BCUT2D eigenvalue weighted by Gasteiger charge is -2.06. The van der Waals surface area contributed by atoms with Gasteiger partial charge in [0.05, 0.1) is 6.04 Å². The molecule has 0 aliphatic heterocycles. The summed E-state index contributed by atoms with van der Waals surface area (Å²) < 4.78 is 1.78. The minimum atomic E-state index is -0.316. The van der Waals surface area contributed by atoms with E-state index in [1.807, 2.05) is 42.6 Å². The number of benzene rings is 1. The maximum atomic E-state index is 6.14. The highest BCUT2D eigenvalue weighted by Gasteiger charge is 2.14. The van der Waals surface area contributed by atoms with E-state index in [9.17, 15) is 0 Å². The molecule has 3 rings (SSSR count). The summed E-state index contributed by atoms with van der Waals surface area (Å²) in [7, 11) is 0. The molecule has 0 spiro atoms. The maximum absolute atomic E-state index is 6.14. The third-order valence-corrected chi connectivity index (χ3v) is 2.86. The van der Waals surface area contributed by atoms with Gasteiger partial charge in [-0.2, -0.15) is 10.2 Å². The highest BCUT2D eigenvalue weighted by molar-refractivity contribution is 5.23. The minimum absolute atomic E-state index is 0.316. The molecular formula is C13H14N6. The number of nitrogens with one attached hydrogen (secondary N) is 1. The molecule has 3 aromatic rings. The molecule has 1 atom stereocenters. The number of rotatable bonds is 4. The molecule has 2 aromatic heterocycles. The predicted octanol–water partition coefficient (Wildman–Crippen LogP) is 1.10. The van der Waals surface area contributed by atoms with Gasteiger partial charge < -0.3 is 5.73 Å². The number of aromatic nitrogens is 5. The van der Waals surface area contributed by atoms with E-state index in [1.165, 1.54) is 0 Å². The lowest BCUT2D eigenvalue weighted by atomic mass is 10.1. The number of nitrogens with two attached hydrogens (primary N) is 1. The molecule has 0 saturated heterocycles. The van der Waals surface area contributed by atoms with E-state index in [-0.39, 0.29) is 6.04 Å². The highest BCUT2D eigenvalue weighted by Crippen LogP contribution is 2.15. The number of hydrogen-bond acceptors (Lipinski definition) is 4. The smallest absolute Gasteiger partial charge is 0.171 e. The van der Waals surface area contributed by atoms with Gasteiger partial charge in [-0.05, 0) is 11.6 Å². The molecule has 0 unspecified atom stereocenters. The first kappa shape index (κ1) is 11.6. The number of aromatic amines is 1. The van der Waals surface area contributed by atoms with Crippen LogP contribution in [0.1, 0.15) is 23.3 Å². The van der Waals surface area contributed by atoms with Crippen LogP contribution >= 0.6 is 0 Å². The van der Waals surface area contributed by atoms with Crippen LogP contribution in [-0.2, 0) is 6.54 Å². The zero-order valence-corrected chi connectivity index (χ0v) is 10.3. The summed E-state index contributed by atoms with van der Waals surface area (Å²) >= 11 is 0. The standard InChI is InChI=1S/C13H14N6/c14-12(10-5-2-1-3-6-10)13-16-11(17-18-13)9-19-8-4-7-15-19/h1-8,12H,9,14H2,(H,16,17,18)/t12-/m0/s1. The first-order chi connectivity index (χ1) is 9.33. The van der Waals surface area contributed by atoms with Gasteiger partial charge in [0.15, 0.2) is 5.82 Å². The zero-order chi connectivity index (χ0) is 13.1. The first-order valence-electron chi connectivity index (χ1n) is 6.02. The van der Waals surface area contributed by atoms with E-state index in [0.29, 0.717) is 12.4 Å². The second-order valence-corrected chi connectivity index (χ2v) is 4.23. The average molecular weight is 254 g/mol. The van der Waals surface area contributed by atoms with Crippen molar-refractivity contribution in [1.29, 1.82) is 0 Å². The predicted molar refractivity (Wildman–Crippen MR) is 70.2 cm³/mol. The Labute approximate surface area is 110 Å². The summed E-state index contributed by atoms with van der Waals surface area (Å²) in [5.41, 5.74) is 7.13. The summed E-state index contributed by atoms with van der Waals surface area (Å²) in [4.78, 5) is 4.41. The van der Waals surface area contributed by atoms with Crippen molar-refractivity contribution in [2.45, 2.75) is 12.6 Å². The molecule has 0 aliphatic carbocycles. The zero-order valence-electron chi connectivity index (χ0n) is 10.3. The van der Waals surface area contributed by atoms with E-state index in [1.54, 1.807) is 10.9 Å². The molecule has 19 heavy (non-hydrogen) atoms. The van der Waals surface area contributed by atoms with Gasteiger partial charge in [-0.3, -0.25) is 9.78 Å². The molecular weight excluding hydrogens is 240 g/mol. The highest BCUT2D eigenvalue weighted by atomic mass is 15.3. The first-order valence-corrected chi connectivity index (χ1v) is 6.02. The molecule has 2 heterocycles. The molecule has 0 fully saturated rings. The van der Waals surface area contributed by atoms with Crippen molar-refractivity contribution < 1.29 is 0 Å². The topological polar surface area (TPSA) is 85.4 Å². The van der Waals surface area contributed by atoms with Crippen molar-refractivity contribution in [1.82, 2.24) is 25.0 Å². The van der Waals surface area contributed by atoms with Crippen molar-refractivity contribution in [3.63, 3.8) is 0 Å². The third-order valence-electron chi connectivity index (χ3n) is 2.86. The normalized spacial score (nSPS) is 12.5. The summed E-state index contributed by atoms with van der Waals surface area (Å²) in [6.45, 7) is 0.557. The van der Waals surface area contributed by atoms with Crippen molar-refractivity contribution in [3.8, 4) is 0 Å². The van der Waals surface area contributed by atoms with Gasteiger partial charge >= 0.3 is 0 Å². The van der Waals surface area contributed by atoms with Crippen molar-refractivity contribution in [3.05, 3.63) is 66.0 Å². The van der Waals surface area contributed by atoms with Crippen LogP contribution in [0.2, 0.25) is 0 Å². The monoisotopic (exact) mass is 254 g/mol. The molecule has 3 N–H and O–H groups in total. The van der Waals surface area contributed by atoms with Gasteiger partial charge in [0.2, 0.25) is 0 Å². The quantitative estimate of drug-likeness (QED) is 0.730. The Kier molecular flexibility index (Phi) is 3.07. The summed E-state index contributed by atoms with van der Waals surface area (Å²) in [6.07, 6.45) is 3.60. The van der Waals surface area contributed by atoms with Crippen LogP contribution in [0, 0.1) is 0 Å². The lowest BCUT2D eigenvalue weighted by Crippen LogP contribution is -2.13. The van der Waals surface area contributed by atoms with Crippen LogP contribution < -0.4 is 5.73 Å². The van der Waals surface area contributed by atoms with Gasteiger partial charge in [-0.15, -0.1) is 0 Å². The Bertz CT molecular complexity index is 628. The van der Waals surface area contributed by atoms with Crippen molar-refractivity contribution in [2.75, 3.05) is 0 Å². The average Bonchev–Trinajstić information content (AvgIpc) is 3.11. The molecule has 0 aliphatic rings. The van der Waals surface area contributed by atoms with Gasteiger partial charge in [-0.25, -0.2) is 4.98 Å². The van der Waals surface area contributed by atoms with E-state index in [0.717, 1.165) is 11.4 Å². The number of nitrogens with zero attached hydrogens (tertiary/aromatic N) is 4. The molecule has 96 valence electrons. The van der Waals surface area contributed by atoms with Gasteiger partial charge in [0.1, 0.15) is 12.4 Å². The van der Waals surface area contributed by atoms with E-state index in [4.69, 9.17) is 5.73 Å². The molecule has 6 heteroatoms. The second kappa shape index (κ2) is 5.03. The van der Waals surface area contributed by atoms with Crippen LogP contribution in [0.4, 0.5) is 0 Å². The molecule has 1 aromatic carbocycles. The van der Waals surface area contributed by atoms with Gasteiger partial charge in [-0.1, -0.05) is 30.3 Å². The van der Waals surface area contributed by atoms with Gasteiger partial charge in [0, 0.05) is 12.4 Å². The Morgan fingerprint density at radius 2 is 2.05 bits per heavy atom. The summed E-state index contributed by atoms with van der Waals surface area (Å²) in [5.74, 6) is 1.33. The van der Waals surface area contributed by atoms with Crippen LogP contribution in [0.5, 0.6) is 0 Å². The number of hydrogen-bond donors (Lipinski definition) is 2. The van der Waals surface area contributed by atoms with Crippen LogP contribution in [0.25, 0.3) is 0 Å². The van der Waals surface area contributed by atoms with Gasteiger partial charge in [0.25, 0.3) is 0 Å². The Hall–Kier alpha value is -2.47. The molecule has 0 saturated carbocycles. The maximum Gasteiger partial charge on any atom is 0.171 e. The number of H-pyrrole nitrogens is 1. The fourth-order valence-electron chi connectivity index (χ4n) is 1.88. The second-order valence-electron chi connectivity index (χ2n) is 4.23. The fourth-order valence-corrected chi connectivity index (χ4v) is 1.88. The SMILES string of the molecule is N[C@@H](c1ccccc1)c1n[nH]c(Cn2cccn2)n1. The van der Waals surface area contributed by atoms with E-state index >= 15 is 0 Å². The molecule has 0 amide bonds. The third kappa shape index (κ3) is 2.53. The summed E-state index contributed by atoms with van der Waals surface area (Å²) in [5, 5.41) is 11.2. The van der Waals surface area contributed by atoms with Crippen LogP contribution in [0.15, 0.2) is 48.8 Å². The molecule has 0 bridgehead atoms. The van der Waals surface area contributed by atoms with Crippen molar-refractivity contribution in [2.24, 2.45) is 5.73 Å². The fraction of sp³-hybridized carbons (Fsp3) is 0.154. The minimum Gasteiger partial charge on any atom is -0.318 e. The Morgan fingerprint density at radius 3 is 2.79 bits per heavy atom. The van der Waals surface area contributed by atoms with E-state index in [2.05, 4.69) is 20.3 Å². The Balaban J connectivity index is 1.78. The van der Waals surface area contributed by atoms with Crippen LogP contribution in [0.3, 0.4) is 0 Å². The summed E-state index contributed by atoms with van der Waals surface area (Å²) in [6, 6.07) is 11.3. The van der Waals surface area contributed by atoms with Crippen molar-refractivity contribution >= 4 is 0 Å². The van der Waals surface area contributed by atoms with Crippen LogP contribution in [-0.4, -0.2) is 25.0 Å². The van der Waals surface area contributed by atoms with E-state index < -0.39 is 0 Å². The molecule has 6 nitrogen and oxygen atoms in total. The lowest BCUT2D eigenvalue weighted by molar-refractivity contribution is 0.656. The Morgan fingerprint density at radius 1 is 1.21 bits per heavy atom. The molecule has 0 radical (unpaired) electrons.